The standard InChI is InChI=1S/C28H24N2O5/c1-17-9-12-24(33-2)23(14-17)29-25(31)16-35-28(32)26-20-7-3-4-8-22(20)30-27-18(10-11-21(26)27)15-19-6-5-13-34-19/h3-9,12-15H,10-11,16H2,1-2H3,(H,29,31). The number of methoxy groups -OCH3 is 1. The Labute approximate surface area is 202 Å². The van der Waals surface area contributed by atoms with Crippen LogP contribution in [0.1, 0.15) is 39.4 Å². The Hall–Kier alpha value is -4.39. The molecule has 7 heteroatoms. The first kappa shape index (κ1) is 22.4. The Balaban J connectivity index is 1.41. The van der Waals surface area contributed by atoms with Gasteiger partial charge in [-0.3, -0.25) is 4.79 Å². The number of esters is 1. The van der Waals surface area contributed by atoms with Gasteiger partial charge in [-0.1, -0.05) is 24.3 Å². The normalized spacial score (nSPS) is 13.6. The smallest absolute Gasteiger partial charge is 0.339 e. The summed E-state index contributed by atoms with van der Waals surface area (Å²) in [5, 5.41) is 3.46. The Bertz CT molecular complexity index is 1450. The van der Waals surface area contributed by atoms with Crippen molar-refractivity contribution in [3.63, 3.8) is 0 Å². The number of allylic oxidation sites excluding steroid dienone is 1. The Kier molecular flexibility index (Phi) is 6.06. The largest absolute Gasteiger partial charge is 0.495 e. The Morgan fingerprint density at radius 1 is 1.11 bits per heavy atom. The number of hydrogen-bond acceptors (Lipinski definition) is 6. The van der Waals surface area contributed by atoms with Gasteiger partial charge in [0.2, 0.25) is 0 Å². The van der Waals surface area contributed by atoms with Gasteiger partial charge < -0.3 is 19.2 Å². The number of nitrogens with one attached hydrogen (secondary N) is 1. The first-order valence-electron chi connectivity index (χ1n) is 11.3. The first-order chi connectivity index (χ1) is 17.0. The van der Waals surface area contributed by atoms with Crippen LogP contribution in [0.5, 0.6) is 5.75 Å². The van der Waals surface area contributed by atoms with E-state index in [0.717, 1.165) is 34.6 Å². The van der Waals surface area contributed by atoms with Crippen molar-refractivity contribution < 1.29 is 23.5 Å². The number of nitrogens with zero attached hydrogens (tertiary/aromatic N) is 1. The van der Waals surface area contributed by atoms with Crippen molar-refractivity contribution in [3.8, 4) is 5.75 Å². The van der Waals surface area contributed by atoms with E-state index in [4.69, 9.17) is 18.9 Å². The molecule has 0 fully saturated rings. The molecule has 0 unspecified atom stereocenters. The summed E-state index contributed by atoms with van der Waals surface area (Å²) in [6.45, 7) is 1.50. The number of rotatable bonds is 6. The highest BCUT2D eigenvalue weighted by Gasteiger charge is 2.28. The lowest BCUT2D eigenvalue weighted by Crippen LogP contribution is -2.22. The summed E-state index contributed by atoms with van der Waals surface area (Å²) in [5.41, 5.74) is 5.23. The second-order valence-corrected chi connectivity index (χ2v) is 8.34. The molecular formula is C28H24N2O5. The van der Waals surface area contributed by atoms with Gasteiger partial charge in [-0.25, -0.2) is 9.78 Å². The summed E-state index contributed by atoms with van der Waals surface area (Å²) in [6.07, 6.45) is 4.95. The van der Waals surface area contributed by atoms with E-state index in [1.165, 1.54) is 7.11 Å². The maximum Gasteiger partial charge on any atom is 0.339 e. The van der Waals surface area contributed by atoms with Crippen LogP contribution in [0, 0.1) is 6.92 Å². The number of hydrogen-bond donors (Lipinski definition) is 1. The molecule has 1 aliphatic carbocycles. The molecule has 0 spiro atoms. The van der Waals surface area contributed by atoms with Crippen LogP contribution in [0.15, 0.2) is 65.3 Å². The maximum atomic E-state index is 13.3. The van der Waals surface area contributed by atoms with E-state index >= 15 is 0 Å². The third-order valence-corrected chi connectivity index (χ3v) is 5.97. The van der Waals surface area contributed by atoms with Crippen molar-refractivity contribution in [1.29, 1.82) is 0 Å². The minimum absolute atomic E-state index is 0.420. The third kappa shape index (κ3) is 4.53. The van der Waals surface area contributed by atoms with Gasteiger partial charge in [-0.05, 0) is 72.9 Å². The summed E-state index contributed by atoms with van der Waals surface area (Å²) in [5.74, 6) is 0.264. The predicted molar refractivity (Wildman–Crippen MR) is 133 cm³/mol. The number of carbonyl (C=O) groups is 2. The van der Waals surface area contributed by atoms with Gasteiger partial charge >= 0.3 is 5.97 Å². The van der Waals surface area contributed by atoms with E-state index in [1.807, 2.05) is 55.5 Å². The molecule has 1 N–H and O–H groups in total. The topological polar surface area (TPSA) is 90.7 Å². The number of ether oxygens (including phenoxy) is 2. The molecule has 35 heavy (non-hydrogen) atoms. The monoisotopic (exact) mass is 468 g/mol. The number of furan rings is 1. The lowest BCUT2D eigenvalue weighted by molar-refractivity contribution is -0.119. The second-order valence-electron chi connectivity index (χ2n) is 8.34. The highest BCUT2D eigenvalue weighted by atomic mass is 16.5. The van der Waals surface area contributed by atoms with E-state index in [-0.39, 0.29) is 0 Å². The van der Waals surface area contributed by atoms with Crippen LogP contribution >= 0.6 is 0 Å². The van der Waals surface area contributed by atoms with Crippen molar-refractivity contribution in [3.05, 3.63) is 89.0 Å². The fraction of sp³-hybridized carbons (Fsp3) is 0.179. The molecule has 176 valence electrons. The first-order valence-corrected chi connectivity index (χ1v) is 11.3. The molecule has 4 aromatic rings. The van der Waals surface area contributed by atoms with Crippen LogP contribution in [0.4, 0.5) is 5.69 Å². The molecule has 0 saturated carbocycles. The summed E-state index contributed by atoms with van der Waals surface area (Å²) in [7, 11) is 1.53. The summed E-state index contributed by atoms with van der Waals surface area (Å²) in [6, 6.07) is 16.6. The fourth-order valence-corrected chi connectivity index (χ4v) is 4.37. The number of carbonyl (C=O) groups excluding carboxylic acids is 2. The second kappa shape index (κ2) is 9.46. The molecule has 0 atom stereocenters. The number of pyridine rings is 1. The zero-order valence-corrected chi connectivity index (χ0v) is 19.5. The highest BCUT2D eigenvalue weighted by molar-refractivity contribution is 6.08. The van der Waals surface area contributed by atoms with E-state index in [2.05, 4.69) is 5.32 Å². The number of benzene rings is 2. The van der Waals surface area contributed by atoms with Crippen LogP contribution in [-0.2, 0) is 16.0 Å². The van der Waals surface area contributed by atoms with Gasteiger partial charge in [0.25, 0.3) is 5.91 Å². The van der Waals surface area contributed by atoms with E-state index in [1.54, 1.807) is 18.4 Å². The van der Waals surface area contributed by atoms with Crippen molar-refractivity contribution in [2.24, 2.45) is 0 Å². The van der Waals surface area contributed by atoms with E-state index in [9.17, 15) is 9.59 Å². The van der Waals surface area contributed by atoms with Crippen molar-refractivity contribution in [2.75, 3.05) is 19.0 Å². The van der Waals surface area contributed by atoms with Crippen LogP contribution in [-0.4, -0.2) is 30.6 Å². The SMILES string of the molecule is COc1ccc(C)cc1NC(=O)COC(=O)c1c2c(nc3ccccc13)C(=Cc1ccco1)CC2. The van der Waals surface area contributed by atoms with Gasteiger partial charge in [0.15, 0.2) is 6.61 Å². The van der Waals surface area contributed by atoms with Crippen LogP contribution in [0.25, 0.3) is 22.6 Å². The lowest BCUT2D eigenvalue weighted by atomic mass is 10.0. The van der Waals surface area contributed by atoms with Gasteiger partial charge in [0.05, 0.1) is 35.8 Å². The van der Waals surface area contributed by atoms with Crippen LogP contribution in [0.2, 0.25) is 0 Å². The highest BCUT2D eigenvalue weighted by Crippen LogP contribution is 2.37. The summed E-state index contributed by atoms with van der Waals surface area (Å²) in [4.78, 5) is 30.7. The fourth-order valence-electron chi connectivity index (χ4n) is 4.37. The molecule has 5 rings (SSSR count). The molecule has 0 aliphatic heterocycles. The molecule has 2 aromatic carbocycles. The number of amides is 1. The minimum Gasteiger partial charge on any atom is -0.495 e. The Morgan fingerprint density at radius 2 is 1.97 bits per heavy atom. The molecule has 7 nitrogen and oxygen atoms in total. The summed E-state index contributed by atoms with van der Waals surface area (Å²) < 4.78 is 16.2. The molecule has 0 saturated heterocycles. The number of aromatic nitrogens is 1. The lowest BCUT2D eigenvalue weighted by Gasteiger charge is -2.13. The zero-order valence-electron chi connectivity index (χ0n) is 19.5. The van der Waals surface area contributed by atoms with Gasteiger partial charge in [0, 0.05) is 5.39 Å². The Morgan fingerprint density at radius 3 is 2.77 bits per heavy atom. The van der Waals surface area contributed by atoms with E-state index < -0.39 is 18.5 Å². The molecule has 1 amide bonds. The van der Waals surface area contributed by atoms with Crippen molar-refractivity contribution >= 4 is 40.1 Å². The maximum absolute atomic E-state index is 13.3. The van der Waals surface area contributed by atoms with Crippen molar-refractivity contribution in [1.82, 2.24) is 4.98 Å². The molecule has 2 aromatic heterocycles. The minimum atomic E-state index is -0.551. The number of aryl methyl sites for hydroxylation is 1. The molecular weight excluding hydrogens is 444 g/mol. The van der Waals surface area contributed by atoms with E-state index in [0.29, 0.717) is 34.3 Å². The van der Waals surface area contributed by atoms with Crippen LogP contribution in [0.3, 0.4) is 0 Å². The quantitative estimate of drug-likeness (QED) is 0.380. The van der Waals surface area contributed by atoms with Gasteiger partial charge in [-0.2, -0.15) is 0 Å². The third-order valence-electron chi connectivity index (χ3n) is 5.97. The predicted octanol–water partition coefficient (Wildman–Crippen LogP) is 5.43. The molecule has 2 heterocycles. The van der Waals surface area contributed by atoms with Crippen LogP contribution < -0.4 is 10.1 Å². The average Bonchev–Trinajstić information content (AvgIpc) is 3.52. The zero-order chi connectivity index (χ0) is 24.4. The summed E-state index contributed by atoms with van der Waals surface area (Å²) >= 11 is 0. The van der Waals surface area contributed by atoms with Crippen molar-refractivity contribution in [2.45, 2.75) is 19.8 Å². The number of fused-ring (bicyclic) bond motifs is 2. The molecule has 0 radical (unpaired) electrons. The molecule has 1 aliphatic rings. The van der Waals surface area contributed by atoms with Gasteiger partial charge in [-0.15, -0.1) is 0 Å². The number of anilines is 1. The average molecular weight is 469 g/mol. The molecule has 0 bridgehead atoms. The number of para-hydroxylation sites is 1. The van der Waals surface area contributed by atoms with Gasteiger partial charge in [0.1, 0.15) is 11.5 Å².